The molecular formula is C11H13N3O2. The quantitative estimate of drug-likeness (QED) is 0.644. The van der Waals surface area contributed by atoms with Gasteiger partial charge in [-0.2, -0.15) is 0 Å². The number of likely N-dealkylation sites (N-methyl/N-ethyl adjacent to an activating group) is 1. The Morgan fingerprint density at radius 2 is 1.81 bits per heavy atom. The summed E-state index contributed by atoms with van der Waals surface area (Å²) in [7, 11) is 1.66. The largest absolute Gasteiger partial charge is 0.367 e. The van der Waals surface area contributed by atoms with Crippen LogP contribution >= 0.6 is 0 Å². The number of amides is 2. The number of carbonyl (C=O) groups excluding carboxylic acids is 2. The van der Waals surface area contributed by atoms with Gasteiger partial charge in [0, 0.05) is 6.54 Å². The van der Waals surface area contributed by atoms with Gasteiger partial charge in [-0.15, -0.1) is 0 Å². The minimum Gasteiger partial charge on any atom is -0.367 e. The van der Waals surface area contributed by atoms with Crippen molar-refractivity contribution < 1.29 is 9.59 Å². The van der Waals surface area contributed by atoms with E-state index in [1.54, 1.807) is 24.1 Å². The summed E-state index contributed by atoms with van der Waals surface area (Å²) in [5.74, 6) is -1.46. The third-order valence-electron chi connectivity index (χ3n) is 3.10. The summed E-state index contributed by atoms with van der Waals surface area (Å²) in [6.45, 7) is 0.488. The molecule has 1 aromatic carbocycles. The molecule has 5 nitrogen and oxygen atoms in total. The summed E-state index contributed by atoms with van der Waals surface area (Å²) in [5, 5.41) is 0. The van der Waals surface area contributed by atoms with Gasteiger partial charge in [-0.05, 0) is 18.2 Å². The Morgan fingerprint density at radius 3 is 2.38 bits per heavy atom. The van der Waals surface area contributed by atoms with E-state index in [-0.39, 0.29) is 0 Å². The van der Waals surface area contributed by atoms with Gasteiger partial charge in [-0.1, -0.05) is 24.3 Å². The van der Waals surface area contributed by atoms with E-state index in [4.69, 9.17) is 11.5 Å². The number of hydrogen-bond donors (Lipinski definition) is 2. The predicted octanol–water partition coefficient (Wildman–Crippen LogP) is -0.702. The second-order valence-corrected chi connectivity index (χ2v) is 3.95. The predicted molar refractivity (Wildman–Crippen MR) is 58.0 cm³/mol. The summed E-state index contributed by atoms with van der Waals surface area (Å²) < 4.78 is 0. The summed E-state index contributed by atoms with van der Waals surface area (Å²) in [5.41, 5.74) is 10.7. The van der Waals surface area contributed by atoms with Crippen molar-refractivity contribution in [3.63, 3.8) is 0 Å². The van der Waals surface area contributed by atoms with Gasteiger partial charge in [0.25, 0.3) is 11.8 Å². The average Bonchev–Trinajstić information content (AvgIpc) is 2.50. The van der Waals surface area contributed by atoms with Crippen molar-refractivity contribution in [2.24, 2.45) is 11.5 Å². The van der Waals surface area contributed by atoms with Crippen molar-refractivity contribution in [2.45, 2.75) is 12.1 Å². The molecule has 0 fully saturated rings. The smallest absolute Gasteiger partial charge is 0.252 e. The molecule has 0 bridgehead atoms. The first-order valence-corrected chi connectivity index (χ1v) is 4.90. The third-order valence-corrected chi connectivity index (χ3v) is 3.10. The van der Waals surface area contributed by atoms with Crippen LogP contribution in [0, 0.1) is 0 Å². The molecule has 4 N–H and O–H groups in total. The zero-order valence-electron chi connectivity index (χ0n) is 8.93. The Bertz CT molecular complexity index is 456. The van der Waals surface area contributed by atoms with E-state index in [1.807, 2.05) is 12.1 Å². The molecule has 5 heteroatoms. The molecule has 16 heavy (non-hydrogen) atoms. The zero-order valence-corrected chi connectivity index (χ0v) is 8.93. The third kappa shape index (κ3) is 1.09. The number of nitrogens with zero attached hydrogens (tertiary/aromatic N) is 1. The molecule has 0 saturated carbocycles. The van der Waals surface area contributed by atoms with Crippen molar-refractivity contribution in [2.75, 3.05) is 7.05 Å². The number of fused-ring (bicyclic) bond motifs is 1. The second-order valence-electron chi connectivity index (χ2n) is 3.95. The fourth-order valence-electron chi connectivity index (χ4n) is 2.35. The van der Waals surface area contributed by atoms with Gasteiger partial charge in [-0.25, -0.2) is 0 Å². The van der Waals surface area contributed by atoms with E-state index in [0.29, 0.717) is 12.1 Å². The molecule has 0 aliphatic carbocycles. The van der Waals surface area contributed by atoms with Crippen molar-refractivity contribution in [3.8, 4) is 0 Å². The van der Waals surface area contributed by atoms with E-state index >= 15 is 0 Å². The number of hydrogen-bond acceptors (Lipinski definition) is 3. The van der Waals surface area contributed by atoms with Crippen LogP contribution in [0.3, 0.4) is 0 Å². The summed E-state index contributed by atoms with van der Waals surface area (Å²) in [6.07, 6.45) is 0. The molecule has 1 aromatic rings. The Balaban J connectivity index is 2.71. The minimum atomic E-state index is -1.50. The molecule has 1 aliphatic rings. The lowest BCUT2D eigenvalue weighted by Gasteiger charge is -2.30. The molecule has 0 atom stereocenters. The molecular weight excluding hydrogens is 206 g/mol. The van der Waals surface area contributed by atoms with Gasteiger partial charge in [0.2, 0.25) is 5.54 Å². The Labute approximate surface area is 93.0 Å². The first kappa shape index (κ1) is 10.6. The lowest BCUT2D eigenvalue weighted by molar-refractivity contribution is -0.141. The number of benzene rings is 1. The Kier molecular flexibility index (Phi) is 2.20. The van der Waals surface area contributed by atoms with Crippen LogP contribution in [0.15, 0.2) is 24.3 Å². The molecule has 0 spiro atoms. The molecule has 0 radical (unpaired) electrons. The zero-order chi connectivity index (χ0) is 11.9. The van der Waals surface area contributed by atoms with Crippen LogP contribution in [0.4, 0.5) is 0 Å². The van der Waals surface area contributed by atoms with Crippen molar-refractivity contribution >= 4 is 11.8 Å². The van der Waals surface area contributed by atoms with E-state index in [0.717, 1.165) is 5.56 Å². The second kappa shape index (κ2) is 3.31. The topological polar surface area (TPSA) is 89.4 Å². The van der Waals surface area contributed by atoms with Crippen molar-refractivity contribution in [1.29, 1.82) is 0 Å². The lowest BCUT2D eigenvalue weighted by atomic mass is 9.88. The lowest BCUT2D eigenvalue weighted by Crippen LogP contribution is -2.58. The van der Waals surface area contributed by atoms with E-state index in [2.05, 4.69) is 0 Å². The van der Waals surface area contributed by atoms with Crippen molar-refractivity contribution in [1.82, 2.24) is 4.90 Å². The monoisotopic (exact) mass is 219 g/mol. The fraction of sp³-hybridized carbons (Fsp3) is 0.273. The maximum Gasteiger partial charge on any atom is 0.252 e. The highest BCUT2D eigenvalue weighted by molar-refractivity contribution is 6.10. The molecule has 0 saturated heterocycles. The van der Waals surface area contributed by atoms with Crippen molar-refractivity contribution in [3.05, 3.63) is 35.4 Å². The summed E-state index contributed by atoms with van der Waals surface area (Å²) in [4.78, 5) is 24.8. The van der Waals surface area contributed by atoms with Crippen LogP contribution < -0.4 is 11.5 Å². The van der Waals surface area contributed by atoms with Gasteiger partial charge in [-0.3, -0.25) is 14.5 Å². The van der Waals surface area contributed by atoms with Gasteiger partial charge >= 0.3 is 0 Å². The minimum absolute atomic E-state index is 0.488. The Hall–Kier alpha value is -1.88. The van der Waals surface area contributed by atoms with Crippen LogP contribution in [0.1, 0.15) is 11.1 Å². The number of primary amides is 2. The average molecular weight is 219 g/mol. The van der Waals surface area contributed by atoms with Gasteiger partial charge < -0.3 is 11.5 Å². The fourth-order valence-corrected chi connectivity index (χ4v) is 2.35. The highest BCUT2D eigenvalue weighted by Crippen LogP contribution is 2.37. The van der Waals surface area contributed by atoms with Crippen LogP contribution in [0.5, 0.6) is 0 Å². The van der Waals surface area contributed by atoms with E-state index in [1.165, 1.54) is 0 Å². The van der Waals surface area contributed by atoms with Gasteiger partial charge in [0.1, 0.15) is 0 Å². The molecule has 84 valence electrons. The molecule has 1 aliphatic heterocycles. The summed E-state index contributed by atoms with van der Waals surface area (Å²) in [6, 6.07) is 7.19. The highest BCUT2D eigenvalue weighted by atomic mass is 16.2. The maximum absolute atomic E-state index is 11.6. The standard InChI is InChI=1S/C11H13N3O2/c1-14-6-7-4-2-3-5-8(7)11(14,9(12)15)10(13)16/h2-5H,6H2,1H3,(H2,12,15)(H2,13,16). The van der Waals surface area contributed by atoms with Gasteiger partial charge in [0.15, 0.2) is 0 Å². The first-order chi connectivity index (χ1) is 7.51. The van der Waals surface area contributed by atoms with E-state index < -0.39 is 17.4 Å². The van der Waals surface area contributed by atoms with Crippen LogP contribution in [-0.4, -0.2) is 23.8 Å². The Morgan fingerprint density at radius 1 is 1.25 bits per heavy atom. The van der Waals surface area contributed by atoms with Crippen LogP contribution in [0.25, 0.3) is 0 Å². The van der Waals surface area contributed by atoms with Crippen LogP contribution in [-0.2, 0) is 21.7 Å². The summed E-state index contributed by atoms with van der Waals surface area (Å²) >= 11 is 0. The van der Waals surface area contributed by atoms with E-state index in [9.17, 15) is 9.59 Å². The van der Waals surface area contributed by atoms with Crippen LogP contribution in [0.2, 0.25) is 0 Å². The molecule has 2 rings (SSSR count). The molecule has 0 aromatic heterocycles. The molecule has 1 heterocycles. The SMILES string of the molecule is CN1Cc2ccccc2C1(C(N)=O)C(N)=O. The maximum atomic E-state index is 11.6. The first-order valence-electron chi connectivity index (χ1n) is 4.90. The number of nitrogens with two attached hydrogens (primary N) is 2. The number of carbonyl (C=O) groups is 2. The molecule has 0 unspecified atom stereocenters. The molecule has 2 amide bonds. The normalized spacial score (nSPS) is 18.1. The number of rotatable bonds is 2. The van der Waals surface area contributed by atoms with Gasteiger partial charge in [0.05, 0.1) is 0 Å². The highest BCUT2D eigenvalue weighted by Gasteiger charge is 2.53.